The number of alkyl halides is 3. The van der Waals surface area contributed by atoms with Crippen molar-refractivity contribution in [3.8, 4) is 0 Å². The number of carbonyl (C=O) groups excluding carboxylic acids is 1. The van der Waals surface area contributed by atoms with Gasteiger partial charge in [-0.15, -0.1) is 0 Å². The lowest BCUT2D eigenvalue weighted by molar-refractivity contribution is -0.137. The Morgan fingerprint density at radius 3 is 2.54 bits per heavy atom. The summed E-state index contributed by atoms with van der Waals surface area (Å²) >= 11 is 0. The summed E-state index contributed by atoms with van der Waals surface area (Å²) in [5.41, 5.74) is -1.18. The zero-order valence-electron chi connectivity index (χ0n) is 15.7. The summed E-state index contributed by atoms with van der Waals surface area (Å²) in [6.07, 6.45) is -3.41. The molecule has 0 aromatic heterocycles. The smallest absolute Gasteiger partial charge is 0.418 e. The molecular weight excluding hydrogens is 376 g/mol. The molecule has 0 bridgehead atoms. The van der Waals surface area contributed by atoms with Gasteiger partial charge in [-0.05, 0) is 37.6 Å². The van der Waals surface area contributed by atoms with Crippen molar-refractivity contribution in [2.24, 2.45) is 4.99 Å². The van der Waals surface area contributed by atoms with E-state index >= 15 is 0 Å². The SMILES string of the molecule is CCN(C)/C=N/c1cc(C)c(C(=O)OCc2ccccc2F)cc1C(F)(F)F. The Morgan fingerprint density at radius 2 is 1.93 bits per heavy atom. The summed E-state index contributed by atoms with van der Waals surface area (Å²) < 4.78 is 59.0. The first-order chi connectivity index (χ1) is 13.1. The molecule has 0 aliphatic heterocycles. The van der Waals surface area contributed by atoms with Gasteiger partial charge in [-0.25, -0.2) is 14.2 Å². The second-order valence-corrected chi connectivity index (χ2v) is 6.17. The molecule has 0 N–H and O–H groups in total. The van der Waals surface area contributed by atoms with E-state index in [1.54, 1.807) is 18.0 Å². The molecule has 2 aromatic carbocycles. The number of halogens is 4. The van der Waals surface area contributed by atoms with Crippen molar-refractivity contribution in [1.29, 1.82) is 0 Å². The monoisotopic (exact) mass is 396 g/mol. The molecular formula is C20H20F4N2O2. The molecule has 4 nitrogen and oxygen atoms in total. The topological polar surface area (TPSA) is 41.9 Å². The molecule has 0 saturated carbocycles. The standard InChI is InChI=1S/C20H20F4N2O2/c1-4-26(3)12-25-18-9-13(2)15(10-16(18)20(22,23)24)19(27)28-11-14-7-5-6-8-17(14)21/h5-10,12H,4,11H2,1-3H3/b25-12+. The molecule has 28 heavy (non-hydrogen) atoms. The Morgan fingerprint density at radius 1 is 1.25 bits per heavy atom. The maximum Gasteiger partial charge on any atom is 0.418 e. The minimum atomic E-state index is -4.70. The Kier molecular flexibility index (Phi) is 6.77. The van der Waals surface area contributed by atoms with Crippen LogP contribution in [0.15, 0.2) is 41.4 Å². The van der Waals surface area contributed by atoms with Crippen LogP contribution in [-0.4, -0.2) is 30.8 Å². The third-order valence-corrected chi connectivity index (χ3v) is 4.08. The molecule has 0 fully saturated rings. The molecule has 150 valence electrons. The van der Waals surface area contributed by atoms with Crippen LogP contribution in [0.3, 0.4) is 0 Å². The lowest BCUT2D eigenvalue weighted by atomic mass is 10.0. The number of hydrogen-bond acceptors (Lipinski definition) is 3. The van der Waals surface area contributed by atoms with Gasteiger partial charge in [0.05, 0.1) is 23.2 Å². The van der Waals surface area contributed by atoms with Gasteiger partial charge in [-0.3, -0.25) is 0 Å². The van der Waals surface area contributed by atoms with Crippen LogP contribution >= 0.6 is 0 Å². The molecule has 2 aromatic rings. The molecule has 0 aliphatic rings. The number of nitrogens with zero attached hydrogens (tertiary/aromatic N) is 2. The maximum absolute atomic E-state index is 13.6. The first kappa shape index (κ1) is 21.4. The van der Waals surface area contributed by atoms with Crippen molar-refractivity contribution in [3.05, 3.63) is 64.5 Å². The molecule has 0 amide bonds. The minimum absolute atomic E-state index is 0.133. The van der Waals surface area contributed by atoms with Gasteiger partial charge in [0.2, 0.25) is 0 Å². The summed E-state index contributed by atoms with van der Waals surface area (Å²) in [6.45, 7) is 3.51. The lowest BCUT2D eigenvalue weighted by Gasteiger charge is -2.15. The summed E-state index contributed by atoms with van der Waals surface area (Å²) in [4.78, 5) is 17.8. The van der Waals surface area contributed by atoms with Crippen molar-refractivity contribution in [1.82, 2.24) is 4.90 Å². The highest BCUT2D eigenvalue weighted by atomic mass is 19.4. The average Bonchev–Trinajstić information content (AvgIpc) is 2.64. The van der Waals surface area contributed by atoms with Gasteiger partial charge in [-0.1, -0.05) is 18.2 Å². The molecule has 0 radical (unpaired) electrons. The van der Waals surface area contributed by atoms with Crippen LogP contribution in [0.1, 0.15) is 34.0 Å². The van der Waals surface area contributed by atoms with Crippen LogP contribution in [0.2, 0.25) is 0 Å². The van der Waals surface area contributed by atoms with E-state index in [0.717, 1.165) is 6.07 Å². The fourth-order valence-electron chi connectivity index (χ4n) is 2.33. The number of rotatable bonds is 6. The van der Waals surface area contributed by atoms with E-state index in [1.165, 1.54) is 37.5 Å². The van der Waals surface area contributed by atoms with Crippen LogP contribution in [0, 0.1) is 12.7 Å². The number of benzene rings is 2. The highest BCUT2D eigenvalue weighted by Crippen LogP contribution is 2.38. The molecule has 8 heteroatoms. The Bertz CT molecular complexity index is 879. The number of aliphatic imine (C=N–C) groups is 1. The summed E-state index contributed by atoms with van der Waals surface area (Å²) in [5.74, 6) is -1.53. The van der Waals surface area contributed by atoms with Crippen LogP contribution in [-0.2, 0) is 17.5 Å². The highest BCUT2D eigenvalue weighted by Gasteiger charge is 2.35. The Hall–Kier alpha value is -2.90. The third-order valence-electron chi connectivity index (χ3n) is 4.08. The molecule has 0 aliphatic carbocycles. The highest BCUT2D eigenvalue weighted by molar-refractivity contribution is 5.92. The van der Waals surface area contributed by atoms with E-state index in [0.29, 0.717) is 6.54 Å². The van der Waals surface area contributed by atoms with Gasteiger partial charge < -0.3 is 9.64 Å². The van der Waals surface area contributed by atoms with Crippen LogP contribution in [0.4, 0.5) is 23.2 Å². The normalized spacial score (nSPS) is 11.7. The van der Waals surface area contributed by atoms with Crippen LogP contribution < -0.4 is 0 Å². The van der Waals surface area contributed by atoms with Crippen molar-refractivity contribution in [2.75, 3.05) is 13.6 Å². The number of aryl methyl sites for hydroxylation is 1. The average molecular weight is 396 g/mol. The van der Waals surface area contributed by atoms with Gasteiger partial charge in [0.1, 0.15) is 12.4 Å². The second kappa shape index (κ2) is 8.86. The predicted octanol–water partition coefficient (Wildman–Crippen LogP) is 5.12. The second-order valence-electron chi connectivity index (χ2n) is 6.17. The van der Waals surface area contributed by atoms with Crippen LogP contribution in [0.25, 0.3) is 0 Å². The number of carbonyl (C=O) groups is 1. The zero-order chi connectivity index (χ0) is 20.9. The van der Waals surface area contributed by atoms with E-state index in [1.807, 2.05) is 6.92 Å². The molecule has 2 rings (SSSR count). The summed E-state index contributed by atoms with van der Waals surface area (Å²) in [5, 5.41) is 0. The van der Waals surface area contributed by atoms with Crippen molar-refractivity contribution < 1.29 is 27.1 Å². The quantitative estimate of drug-likeness (QED) is 0.295. The van der Waals surface area contributed by atoms with Crippen molar-refractivity contribution in [2.45, 2.75) is 26.6 Å². The molecule has 0 unspecified atom stereocenters. The number of ether oxygens (including phenoxy) is 1. The first-order valence-corrected chi connectivity index (χ1v) is 8.50. The van der Waals surface area contributed by atoms with Gasteiger partial charge in [0.25, 0.3) is 0 Å². The maximum atomic E-state index is 13.6. The minimum Gasteiger partial charge on any atom is -0.457 e. The Balaban J connectivity index is 2.32. The summed E-state index contributed by atoms with van der Waals surface area (Å²) in [7, 11) is 1.68. The van der Waals surface area contributed by atoms with Gasteiger partial charge in [0, 0.05) is 19.2 Å². The van der Waals surface area contributed by atoms with E-state index in [-0.39, 0.29) is 29.0 Å². The lowest BCUT2D eigenvalue weighted by Crippen LogP contribution is -2.15. The first-order valence-electron chi connectivity index (χ1n) is 8.50. The van der Waals surface area contributed by atoms with Gasteiger partial charge >= 0.3 is 12.1 Å². The number of hydrogen-bond donors (Lipinski definition) is 0. The van der Waals surface area contributed by atoms with Gasteiger partial charge in [0.15, 0.2) is 0 Å². The van der Waals surface area contributed by atoms with E-state index in [9.17, 15) is 22.4 Å². The fourth-order valence-corrected chi connectivity index (χ4v) is 2.33. The van der Waals surface area contributed by atoms with Gasteiger partial charge in [-0.2, -0.15) is 13.2 Å². The third kappa shape index (κ3) is 5.31. The fraction of sp³-hybridized carbons (Fsp3) is 0.300. The Labute approximate surface area is 160 Å². The molecule has 0 saturated heterocycles. The number of esters is 1. The van der Waals surface area contributed by atoms with E-state index in [4.69, 9.17) is 4.74 Å². The summed E-state index contributed by atoms with van der Waals surface area (Å²) in [6, 6.07) is 7.59. The van der Waals surface area contributed by atoms with E-state index in [2.05, 4.69) is 4.99 Å². The van der Waals surface area contributed by atoms with Crippen molar-refractivity contribution in [3.63, 3.8) is 0 Å². The van der Waals surface area contributed by atoms with Crippen molar-refractivity contribution >= 4 is 18.0 Å². The van der Waals surface area contributed by atoms with Crippen LogP contribution in [0.5, 0.6) is 0 Å². The van der Waals surface area contributed by atoms with E-state index < -0.39 is 23.5 Å². The molecule has 0 spiro atoms. The molecule has 0 heterocycles. The zero-order valence-corrected chi connectivity index (χ0v) is 15.7. The largest absolute Gasteiger partial charge is 0.457 e. The molecule has 0 atom stereocenters. The predicted molar refractivity (Wildman–Crippen MR) is 98.2 cm³/mol.